The van der Waals surface area contributed by atoms with Crippen molar-refractivity contribution in [2.45, 2.75) is 45.3 Å². The van der Waals surface area contributed by atoms with E-state index >= 15 is 0 Å². The van der Waals surface area contributed by atoms with Gasteiger partial charge in [0.15, 0.2) is 9.84 Å². The maximum Gasteiger partial charge on any atom is 0.255 e. The predicted octanol–water partition coefficient (Wildman–Crippen LogP) is 6.97. The molecule has 54 heavy (non-hydrogen) atoms. The average Bonchev–Trinajstić information content (AvgIpc) is 3.90. The number of carbonyl (C=O) groups is 2. The number of aromatic amines is 1. The van der Waals surface area contributed by atoms with Gasteiger partial charge in [-0.2, -0.15) is 0 Å². The third-order valence-corrected chi connectivity index (χ3v) is 12.3. The molecule has 0 unspecified atom stereocenters. The fourth-order valence-electron chi connectivity index (χ4n) is 7.60. The first-order valence-corrected chi connectivity index (χ1v) is 20.7. The number of benzene rings is 4. The fraction of sp³-hybridized carbons (Fsp3) is 0.326. The van der Waals surface area contributed by atoms with Crippen molar-refractivity contribution < 1.29 is 18.0 Å². The van der Waals surface area contributed by atoms with Crippen LogP contribution in [-0.4, -0.2) is 89.1 Å². The molecule has 2 aliphatic rings. The number of likely N-dealkylation sites (N-methyl/N-ethyl adjacent to an activating group) is 1. The Balaban J connectivity index is 0.996. The number of imidazole rings is 1. The molecule has 1 aromatic heterocycles. The molecule has 0 bridgehead atoms. The highest BCUT2D eigenvalue weighted by atomic mass is 32.2. The molecule has 0 aliphatic carbocycles. The first-order valence-electron chi connectivity index (χ1n) is 18.9. The standard InChI is InChI=1S/C43H48N6O4S/c1-3-48(4-2)40(33-10-6-5-7-11-33)43(51)49-23-9-14-39(49)41-44-29-38(46-41)36-13-8-12-35(28-36)32-17-19-34(20-18-32)42(50)45-37-21-15-31(16-22-37)30-47-24-26-54(52,53)27-25-47/h5-8,10-13,15-22,28-29,39-40H,3-4,9,14,23-27,30H2,1-2H3,(H,44,46)(H,45,50)/t39-,40-/m0/s1. The second kappa shape index (κ2) is 16.5. The van der Waals surface area contributed by atoms with Gasteiger partial charge in [-0.3, -0.25) is 19.4 Å². The molecule has 0 spiro atoms. The van der Waals surface area contributed by atoms with E-state index in [2.05, 4.69) is 46.1 Å². The highest BCUT2D eigenvalue weighted by molar-refractivity contribution is 7.91. The van der Waals surface area contributed by atoms with Crippen molar-refractivity contribution in [1.29, 1.82) is 0 Å². The Labute approximate surface area is 318 Å². The predicted molar refractivity (Wildman–Crippen MR) is 214 cm³/mol. The number of nitrogens with one attached hydrogen (secondary N) is 2. The minimum atomic E-state index is -2.91. The molecule has 280 valence electrons. The molecule has 0 saturated carbocycles. The van der Waals surface area contributed by atoms with Crippen molar-refractivity contribution >= 4 is 27.3 Å². The molecule has 2 amide bonds. The molecule has 4 aromatic carbocycles. The molecule has 0 radical (unpaired) electrons. The lowest BCUT2D eigenvalue weighted by molar-refractivity contribution is -0.138. The van der Waals surface area contributed by atoms with Crippen LogP contribution in [0.1, 0.15) is 66.1 Å². The zero-order chi connectivity index (χ0) is 37.7. The summed E-state index contributed by atoms with van der Waals surface area (Å²) in [6.45, 7) is 8.25. The molecule has 2 atom stereocenters. The number of H-pyrrole nitrogens is 1. The van der Waals surface area contributed by atoms with Gasteiger partial charge in [0.05, 0.1) is 29.4 Å². The molecule has 2 fully saturated rings. The van der Waals surface area contributed by atoms with E-state index < -0.39 is 9.84 Å². The lowest BCUT2D eigenvalue weighted by Gasteiger charge is -2.34. The monoisotopic (exact) mass is 744 g/mol. The van der Waals surface area contributed by atoms with Crippen LogP contribution in [0.4, 0.5) is 5.69 Å². The van der Waals surface area contributed by atoms with E-state index in [0.29, 0.717) is 37.4 Å². The van der Waals surface area contributed by atoms with E-state index in [4.69, 9.17) is 4.98 Å². The minimum Gasteiger partial charge on any atom is -0.340 e. The Kier molecular flexibility index (Phi) is 11.4. The summed E-state index contributed by atoms with van der Waals surface area (Å²) in [6, 6.07) is 33.1. The lowest BCUT2D eigenvalue weighted by Crippen LogP contribution is -2.43. The van der Waals surface area contributed by atoms with Gasteiger partial charge in [-0.15, -0.1) is 0 Å². The van der Waals surface area contributed by atoms with Crippen LogP contribution in [0.5, 0.6) is 0 Å². The Morgan fingerprint density at radius 1 is 0.852 bits per heavy atom. The SMILES string of the molecule is CCN(CC)[C@H](C(=O)N1CCC[C@H]1c1ncc(-c2cccc(-c3ccc(C(=O)Nc4ccc(CN5CCS(=O)(=O)CC5)cc4)cc3)c2)[nH]1)c1ccccc1. The number of hydrogen-bond donors (Lipinski definition) is 2. The first-order chi connectivity index (χ1) is 26.2. The second-order valence-electron chi connectivity index (χ2n) is 14.1. The number of rotatable bonds is 12. The molecule has 3 heterocycles. The van der Waals surface area contributed by atoms with Crippen LogP contribution >= 0.6 is 0 Å². The normalized spacial score (nSPS) is 17.8. The van der Waals surface area contributed by atoms with Gasteiger partial charge in [0, 0.05) is 43.0 Å². The Hall–Kier alpha value is -5.10. The van der Waals surface area contributed by atoms with E-state index in [9.17, 15) is 18.0 Å². The third-order valence-electron chi connectivity index (χ3n) is 10.7. The van der Waals surface area contributed by atoms with Crippen molar-refractivity contribution in [3.8, 4) is 22.4 Å². The van der Waals surface area contributed by atoms with Gasteiger partial charge in [-0.05, 0) is 78.5 Å². The maximum absolute atomic E-state index is 14.2. The van der Waals surface area contributed by atoms with Crippen LogP contribution in [0.3, 0.4) is 0 Å². The number of hydrogen-bond acceptors (Lipinski definition) is 7. The molecule has 2 saturated heterocycles. The van der Waals surface area contributed by atoms with Crippen molar-refractivity contribution in [1.82, 2.24) is 24.7 Å². The summed E-state index contributed by atoms with van der Waals surface area (Å²) in [7, 11) is -2.91. The van der Waals surface area contributed by atoms with Gasteiger partial charge >= 0.3 is 0 Å². The zero-order valence-corrected chi connectivity index (χ0v) is 31.8. The van der Waals surface area contributed by atoms with Crippen LogP contribution < -0.4 is 5.32 Å². The Bertz CT molecular complexity index is 2150. The highest BCUT2D eigenvalue weighted by Crippen LogP contribution is 2.36. The molecular weight excluding hydrogens is 697 g/mol. The van der Waals surface area contributed by atoms with E-state index in [1.54, 1.807) is 0 Å². The van der Waals surface area contributed by atoms with E-state index in [0.717, 1.165) is 65.3 Å². The number of nitrogens with zero attached hydrogens (tertiary/aromatic N) is 4. The highest BCUT2D eigenvalue weighted by Gasteiger charge is 2.38. The summed E-state index contributed by atoms with van der Waals surface area (Å²) >= 11 is 0. The number of carbonyl (C=O) groups excluding carboxylic acids is 2. The summed E-state index contributed by atoms with van der Waals surface area (Å²) < 4.78 is 23.5. The van der Waals surface area contributed by atoms with Crippen LogP contribution in [0.15, 0.2) is 109 Å². The smallest absolute Gasteiger partial charge is 0.255 e. The topological polar surface area (TPSA) is 119 Å². The molecule has 5 aromatic rings. The van der Waals surface area contributed by atoms with Crippen LogP contribution in [0.25, 0.3) is 22.4 Å². The zero-order valence-electron chi connectivity index (χ0n) is 30.9. The van der Waals surface area contributed by atoms with Crippen LogP contribution in [0.2, 0.25) is 0 Å². The van der Waals surface area contributed by atoms with Gasteiger partial charge in [-0.25, -0.2) is 13.4 Å². The van der Waals surface area contributed by atoms with E-state index in [1.807, 2.05) is 102 Å². The minimum absolute atomic E-state index is 0.115. The molecule has 2 aliphatic heterocycles. The quantitative estimate of drug-likeness (QED) is 0.142. The average molecular weight is 745 g/mol. The van der Waals surface area contributed by atoms with Crippen molar-refractivity contribution in [2.24, 2.45) is 0 Å². The second-order valence-corrected chi connectivity index (χ2v) is 16.4. The van der Waals surface area contributed by atoms with Crippen molar-refractivity contribution in [2.75, 3.05) is 49.5 Å². The molecule has 11 heteroatoms. The van der Waals surface area contributed by atoms with Crippen LogP contribution in [-0.2, 0) is 21.2 Å². The van der Waals surface area contributed by atoms with Crippen molar-refractivity contribution in [3.05, 3.63) is 132 Å². The van der Waals surface area contributed by atoms with Gasteiger partial charge < -0.3 is 15.2 Å². The van der Waals surface area contributed by atoms with Gasteiger partial charge in [0.1, 0.15) is 11.9 Å². The number of aromatic nitrogens is 2. The molecule has 2 N–H and O–H groups in total. The summed E-state index contributed by atoms with van der Waals surface area (Å²) in [5.41, 5.74) is 7.22. The summed E-state index contributed by atoms with van der Waals surface area (Å²) in [6.07, 6.45) is 3.64. The molecule has 7 rings (SSSR count). The largest absolute Gasteiger partial charge is 0.340 e. The Morgan fingerprint density at radius 3 is 2.26 bits per heavy atom. The summed E-state index contributed by atoms with van der Waals surface area (Å²) in [5.74, 6) is 1.13. The van der Waals surface area contributed by atoms with Gasteiger partial charge in [-0.1, -0.05) is 86.6 Å². The van der Waals surface area contributed by atoms with E-state index in [-0.39, 0.29) is 35.4 Å². The maximum atomic E-state index is 14.2. The van der Waals surface area contributed by atoms with E-state index in [1.165, 1.54) is 0 Å². The van der Waals surface area contributed by atoms with Crippen molar-refractivity contribution in [3.63, 3.8) is 0 Å². The third kappa shape index (κ3) is 8.49. The summed E-state index contributed by atoms with van der Waals surface area (Å²) in [5, 5.41) is 2.98. The molecule has 10 nitrogen and oxygen atoms in total. The number of amides is 2. The number of likely N-dealkylation sites (tertiary alicyclic amines) is 1. The summed E-state index contributed by atoms with van der Waals surface area (Å²) in [4.78, 5) is 42.0. The number of anilines is 1. The Morgan fingerprint density at radius 2 is 1.56 bits per heavy atom. The fourth-order valence-corrected chi connectivity index (χ4v) is 8.88. The van der Waals surface area contributed by atoms with Gasteiger partial charge in [0.2, 0.25) is 5.91 Å². The number of sulfone groups is 1. The molecular formula is C43H48N6O4S. The van der Waals surface area contributed by atoms with Gasteiger partial charge in [0.25, 0.3) is 5.91 Å². The van der Waals surface area contributed by atoms with Crippen LogP contribution in [0, 0.1) is 0 Å². The lowest BCUT2D eigenvalue weighted by atomic mass is 10.0. The first kappa shape index (κ1) is 37.2.